The Morgan fingerprint density at radius 1 is 1.09 bits per heavy atom. The summed E-state index contributed by atoms with van der Waals surface area (Å²) in [6, 6.07) is 15.8. The number of carbonyl (C=O) groups is 2. The van der Waals surface area contributed by atoms with Crippen LogP contribution in [0.2, 0.25) is 0 Å². The molecule has 2 aromatic rings. The Hall–Kier alpha value is -4.07. The van der Waals surface area contributed by atoms with Crippen LogP contribution in [0, 0.1) is 0 Å². The second kappa shape index (κ2) is 10.2. The SMILES string of the molecule is CON=C(C)C1(NO)C(=O)N(c2ccccc2)N=C1S(=O)(=O)c1ccccc1.O=C1C=CN=N1. The van der Waals surface area contributed by atoms with Crippen molar-refractivity contribution in [2.45, 2.75) is 17.4 Å². The van der Waals surface area contributed by atoms with Gasteiger partial charge >= 0.3 is 0 Å². The number of hydroxylamine groups is 1. The van der Waals surface area contributed by atoms with Crippen molar-refractivity contribution in [1.82, 2.24) is 5.48 Å². The number of oxime groups is 1. The molecular weight excluding hydrogens is 464 g/mol. The number of amides is 2. The molecule has 2 amide bonds. The van der Waals surface area contributed by atoms with Crippen molar-refractivity contribution in [1.29, 1.82) is 0 Å². The molecule has 176 valence electrons. The first kappa shape index (κ1) is 24.6. The minimum Gasteiger partial charge on any atom is -0.399 e. The normalized spacial score (nSPS) is 19.7. The highest BCUT2D eigenvalue weighted by atomic mass is 32.2. The van der Waals surface area contributed by atoms with Gasteiger partial charge in [-0.1, -0.05) is 41.6 Å². The number of benzene rings is 2. The number of anilines is 1. The summed E-state index contributed by atoms with van der Waals surface area (Å²) < 4.78 is 26.6. The maximum absolute atomic E-state index is 13.3. The number of hydrogen-bond donors (Lipinski definition) is 2. The van der Waals surface area contributed by atoms with E-state index in [2.05, 4.69) is 20.5 Å². The van der Waals surface area contributed by atoms with Crippen LogP contribution in [0.5, 0.6) is 0 Å². The molecule has 12 nitrogen and oxygen atoms in total. The maximum atomic E-state index is 13.3. The Balaban J connectivity index is 0.000000469. The number of nitrogens with one attached hydrogen (secondary N) is 1. The molecule has 1 unspecified atom stereocenters. The lowest BCUT2D eigenvalue weighted by atomic mass is 9.96. The van der Waals surface area contributed by atoms with E-state index in [0.717, 1.165) is 5.01 Å². The van der Waals surface area contributed by atoms with E-state index in [4.69, 9.17) is 4.84 Å². The second-order valence-corrected chi connectivity index (χ2v) is 8.63. The molecule has 34 heavy (non-hydrogen) atoms. The number of rotatable bonds is 5. The predicted molar refractivity (Wildman–Crippen MR) is 122 cm³/mol. The minimum atomic E-state index is -4.27. The summed E-state index contributed by atoms with van der Waals surface area (Å²) >= 11 is 0. The third-order valence-electron chi connectivity index (χ3n) is 4.71. The number of hydrazone groups is 1. The van der Waals surface area contributed by atoms with E-state index < -0.39 is 26.3 Å². The fraction of sp³-hybridized carbons (Fsp3) is 0.143. The van der Waals surface area contributed by atoms with E-state index in [1.54, 1.807) is 48.5 Å². The Morgan fingerprint density at radius 2 is 1.71 bits per heavy atom. The number of nitrogens with zero attached hydrogens (tertiary/aromatic N) is 5. The Labute approximate surface area is 194 Å². The molecule has 0 spiro atoms. The Morgan fingerprint density at radius 3 is 2.18 bits per heavy atom. The van der Waals surface area contributed by atoms with Crippen molar-refractivity contribution in [3.05, 3.63) is 72.9 Å². The molecule has 4 rings (SSSR count). The molecular formula is C21H20N6O6S. The predicted octanol–water partition coefficient (Wildman–Crippen LogP) is 2.05. The summed E-state index contributed by atoms with van der Waals surface area (Å²) in [7, 11) is -3.03. The summed E-state index contributed by atoms with van der Waals surface area (Å²) in [4.78, 5) is 27.8. The fourth-order valence-electron chi connectivity index (χ4n) is 3.08. The summed E-state index contributed by atoms with van der Waals surface area (Å²) in [6.07, 6.45) is 2.67. The van der Waals surface area contributed by atoms with Gasteiger partial charge in [-0.25, -0.2) is 8.42 Å². The number of hydrogen-bond acceptors (Lipinski definition) is 10. The topological polar surface area (TPSA) is 162 Å². The molecule has 0 fully saturated rings. The third-order valence-corrected chi connectivity index (χ3v) is 6.50. The van der Waals surface area contributed by atoms with Crippen LogP contribution in [0.25, 0.3) is 0 Å². The van der Waals surface area contributed by atoms with Gasteiger partial charge in [0.05, 0.1) is 22.5 Å². The molecule has 2 heterocycles. The lowest BCUT2D eigenvalue weighted by Crippen LogP contribution is -2.63. The van der Waals surface area contributed by atoms with Gasteiger partial charge in [0.25, 0.3) is 11.8 Å². The lowest BCUT2D eigenvalue weighted by Gasteiger charge is -2.26. The monoisotopic (exact) mass is 484 g/mol. The van der Waals surface area contributed by atoms with Crippen LogP contribution < -0.4 is 10.5 Å². The highest BCUT2D eigenvalue weighted by Crippen LogP contribution is 2.32. The molecule has 1 atom stereocenters. The number of carbonyl (C=O) groups excluding carboxylic acids is 2. The molecule has 0 saturated heterocycles. The van der Waals surface area contributed by atoms with Gasteiger partial charge in [0, 0.05) is 6.08 Å². The van der Waals surface area contributed by atoms with Crippen molar-refractivity contribution in [2.24, 2.45) is 20.5 Å². The first-order valence-electron chi connectivity index (χ1n) is 9.68. The largest absolute Gasteiger partial charge is 0.399 e. The van der Waals surface area contributed by atoms with Gasteiger partial charge in [0.2, 0.25) is 15.4 Å². The smallest absolute Gasteiger partial charge is 0.289 e. The molecule has 0 saturated carbocycles. The molecule has 0 radical (unpaired) electrons. The van der Waals surface area contributed by atoms with Crippen molar-refractivity contribution in [3.8, 4) is 0 Å². The van der Waals surface area contributed by atoms with Crippen molar-refractivity contribution in [2.75, 3.05) is 12.1 Å². The van der Waals surface area contributed by atoms with Crippen molar-refractivity contribution < 1.29 is 28.1 Å². The standard InChI is InChI=1S/C18H18N4O5S.C3H2N2O/c1-13(20-27-2)18(21-24)16(28(25,26)15-11-7-4-8-12-15)19-22(17(18)23)14-9-5-3-6-10-14;6-3-1-2-4-5-3/h3-12,21,24H,1-2H3;1-2H. The van der Waals surface area contributed by atoms with Gasteiger partial charge in [0.1, 0.15) is 7.11 Å². The van der Waals surface area contributed by atoms with Crippen LogP contribution in [0.3, 0.4) is 0 Å². The zero-order valence-corrected chi connectivity index (χ0v) is 18.9. The Bertz CT molecular complexity index is 1280. The number of azo groups is 1. The van der Waals surface area contributed by atoms with Gasteiger partial charge in [-0.15, -0.1) is 5.11 Å². The summed E-state index contributed by atoms with van der Waals surface area (Å²) in [5.74, 6) is -1.11. The quantitative estimate of drug-likeness (QED) is 0.484. The maximum Gasteiger partial charge on any atom is 0.289 e. The number of sulfone groups is 1. The molecule has 0 aliphatic carbocycles. The van der Waals surface area contributed by atoms with E-state index in [0.29, 0.717) is 5.69 Å². The molecule has 2 N–H and O–H groups in total. The van der Waals surface area contributed by atoms with E-state index in [1.807, 2.05) is 5.48 Å². The molecule has 0 aromatic heterocycles. The number of para-hydroxylation sites is 1. The fourth-order valence-corrected chi connectivity index (χ4v) is 4.70. The van der Waals surface area contributed by atoms with Crippen LogP contribution in [0.4, 0.5) is 5.69 Å². The molecule has 2 aliphatic rings. The van der Waals surface area contributed by atoms with Crippen LogP contribution in [-0.2, 0) is 24.3 Å². The molecule has 0 bridgehead atoms. The average molecular weight is 484 g/mol. The van der Waals surface area contributed by atoms with Crippen molar-refractivity contribution >= 4 is 38.1 Å². The lowest BCUT2D eigenvalue weighted by molar-refractivity contribution is -0.122. The first-order chi connectivity index (χ1) is 16.3. The van der Waals surface area contributed by atoms with Crippen molar-refractivity contribution in [3.63, 3.8) is 0 Å². The zero-order chi connectivity index (χ0) is 24.8. The van der Waals surface area contributed by atoms with E-state index in [-0.39, 0.29) is 16.5 Å². The summed E-state index contributed by atoms with van der Waals surface area (Å²) in [5, 5.41) is 24.4. The average Bonchev–Trinajstić information content (AvgIpc) is 3.45. The zero-order valence-electron chi connectivity index (χ0n) is 18.1. The van der Waals surface area contributed by atoms with Crippen LogP contribution in [0.1, 0.15) is 6.92 Å². The molecule has 13 heteroatoms. The van der Waals surface area contributed by atoms with Gasteiger partial charge in [-0.2, -0.15) is 20.7 Å². The van der Waals surface area contributed by atoms with E-state index in [1.165, 1.54) is 38.4 Å². The van der Waals surface area contributed by atoms with Gasteiger partial charge < -0.3 is 10.0 Å². The minimum absolute atomic E-state index is 0.0821. The summed E-state index contributed by atoms with van der Waals surface area (Å²) in [5.41, 5.74) is -0.207. The van der Waals surface area contributed by atoms with Gasteiger partial charge in [0.15, 0.2) is 5.04 Å². The second-order valence-electron chi connectivity index (χ2n) is 6.76. The van der Waals surface area contributed by atoms with E-state index in [9.17, 15) is 23.2 Å². The van der Waals surface area contributed by atoms with Gasteiger partial charge in [-0.3, -0.25) is 9.59 Å². The van der Waals surface area contributed by atoms with Crippen LogP contribution in [0.15, 0.2) is 98.3 Å². The third kappa shape index (κ3) is 4.52. The summed E-state index contributed by atoms with van der Waals surface area (Å²) in [6.45, 7) is 1.36. The van der Waals surface area contributed by atoms with Crippen LogP contribution in [-0.4, -0.2) is 48.8 Å². The Kier molecular flexibility index (Phi) is 7.40. The molecule has 2 aliphatic heterocycles. The van der Waals surface area contributed by atoms with Gasteiger partial charge in [-0.05, 0) is 31.2 Å². The van der Waals surface area contributed by atoms with Crippen LogP contribution >= 0.6 is 0 Å². The first-order valence-corrected chi connectivity index (χ1v) is 11.2. The highest BCUT2D eigenvalue weighted by molar-refractivity contribution is 8.07. The highest BCUT2D eigenvalue weighted by Gasteiger charge is 2.59. The van der Waals surface area contributed by atoms with E-state index >= 15 is 0 Å². The molecule has 2 aromatic carbocycles.